The summed E-state index contributed by atoms with van der Waals surface area (Å²) in [5.74, 6) is -0.910. The first-order valence-electron chi connectivity index (χ1n) is 10.3. The Morgan fingerprint density at radius 2 is 2.03 bits per heavy atom. The number of aliphatic imine (C=N–C) groups is 1. The number of aromatic carboxylic acids is 1. The molecule has 0 saturated carbocycles. The van der Waals surface area contributed by atoms with Crippen molar-refractivity contribution in [3.63, 3.8) is 0 Å². The van der Waals surface area contributed by atoms with E-state index in [4.69, 9.17) is 21.1 Å². The molecule has 0 spiro atoms. The van der Waals surface area contributed by atoms with Gasteiger partial charge in [-0.05, 0) is 60.7 Å². The molecule has 4 aromatic rings. The fourth-order valence-corrected chi connectivity index (χ4v) is 4.71. The second-order valence-corrected chi connectivity index (χ2v) is 9.10. The Morgan fingerprint density at radius 3 is 2.82 bits per heavy atom. The lowest BCUT2D eigenvalue weighted by molar-refractivity contribution is -0.115. The molecule has 1 aliphatic rings. The number of halogens is 1. The third-order valence-corrected chi connectivity index (χ3v) is 6.74. The number of aromatic nitrogens is 1. The topological polar surface area (TPSA) is 96.8 Å². The molecule has 2 N–H and O–H groups in total. The maximum Gasteiger partial charge on any atom is 0.371 e. The van der Waals surface area contributed by atoms with Crippen molar-refractivity contribution < 1.29 is 19.1 Å². The first kappa shape index (κ1) is 22.1. The van der Waals surface area contributed by atoms with E-state index in [2.05, 4.69) is 10.3 Å². The third-order valence-electron chi connectivity index (χ3n) is 5.42. The lowest BCUT2D eigenvalue weighted by Gasteiger charge is -2.02. The van der Waals surface area contributed by atoms with Gasteiger partial charge in [-0.2, -0.15) is 0 Å². The molecule has 7 nitrogen and oxygen atoms in total. The average Bonchev–Trinajstić information content (AvgIpc) is 3.51. The average molecular weight is 492 g/mol. The highest BCUT2D eigenvalue weighted by molar-refractivity contribution is 8.18. The first-order chi connectivity index (χ1) is 16.4. The minimum absolute atomic E-state index is 0.102. The van der Waals surface area contributed by atoms with Gasteiger partial charge in [0.25, 0.3) is 5.91 Å². The molecular weight excluding hydrogens is 474 g/mol. The number of carbonyl (C=O) groups is 2. The van der Waals surface area contributed by atoms with Crippen LogP contribution in [0.3, 0.4) is 0 Å². The molecule has 9 heteroatoms. The van der Waals surface area contributed by atoms with Crippen molar-refractivity contribution in [1.82, 2.24) is 9.88 Å². The van der Waals surface area contributed by atoms with Crippen molar-refractivity contribution >= 4 is 63.1 Å². The predicted molar refractivity (Wildman–Crippen MR) is 134 cm³/mol. The van der Waals surface area contributed by atoms with Gasteiger partial charge in [0, 0.05) is 27.7 Å². The lowest BCUT2D eigenvalue weighted by atomic mass is 10.1. The number of hydrogen-bond donors (Lipinski definition) is 2. The molecule has 34 heavy (non-hydrogen) atoms. The second kappa shape index (κ2) is 8.89. The Morgan fingerprint density at radius 1 is 1.21 bits per heavy atom. The van der Waals surface area contributed by atoms with Crippen LogP contribution in [0.1, 0.15) is 27.4 Å². The van der Waals surface area contributed by atoms with E-state index >= 15 is 0 Å². The highest BCUT2D eigenvalue weighted by atomic mass is 35.5. The molecule has 1 fully saturated rings. The number of carbonyl (C=O) groups excluding carboxylic acids is 1. The van der Waals surface area contributed by atoms with Gasteiger partial charge in [0.1, 0.15) is 5.76 Å². The van der Waals surface area contributed by atoms with Gasteiger partial charge in [0.15, 0.2) is 5.17 Å². The van der Waals surface area contributed by atoms with Gasteiger partial charge >= 0.3 is 5.97 Å². The number of furan rings is 1. The normalized spacial score (nSPS) is 16.0. The minimum atomic E-state index is -1.11. The van der Waals surface area contributed by atoms with E-state index in [0.29, 0.717) is 33.1 Å². The van der Waals surface area contributed by atoms with Crippen LogP contribution in [0.15, 0.2) is 75.1 Å². The molecule has 0 unspecified atom stereocenters. The molecule has 3 heterocycles. The fraction of sp³-hybridized carbons (Fsp3) is 0.0800. The molecule has 1 aliphatic heterocycles. The van der Waals surface area contributed by atoms with Gasteiger partial charge in [-0.15, -0.1) is 0 Å². The molecule has 2 aromatic carbocycles. The van der Waals surface area contributed by atoms with Gasteiger partial charge in [-0.25, -0.2) is 9.79 Å². The van der Waals surface area contributed by atoms with Crippen LogP contribution in [0.25, 0.3) is 17.0 Å². The monoisotopic (exact) mass is 491 g/mol. The number of amidine groups is 1. The Balaban J connectivity index is 1.47. The number of para-hydroxylation sites is 1. The number of thioether (sulfide) groups is 1. The van der Waals surface area contributed by atoms with Gasteiger partial charge in [-0.1, -0.05) is 35.9 Å². The van der Waals surface area contributed by atoms with Crippen molar-refractivity contribution in [3.05, 3.63) is 93.4 Å². The summed E-state index contributed by atoms with van der Waals surface area (Å²) in [6, 6.07) is 16.4. The predicted octanol–water partition coefficient (Wildman–Crippen LogP) is 5.83. The van der Waals surface area contributed by atoms with E-state index < -0.39 is 5.97 Å². The molecule has 0 radical (unpaired) electrons. The van der Waals surface area contributed by atoms with Crippen LogP contribution in [0.4, 0.5) is 5.69 Å². The van der Waals surface area contributed by atoms with E-state index in [1.54, 1.807) is 12.1 Å². The number of nitrogens with one attached hydrogen (secondary N) is 1. The van der Waals surface area contributed by atoms with Crippen LogP contribution in [0, 0.1) is 6.92 Å². The van der Waals surface area contributed by atoms with E-state index in [0.717, 1.165) is 22.0 Å². The summed E-state index contributed by atoms with van der Waals surface area (Å²) in [7, 11) is 0. The summed E-state index contributed by atoms with van der Waals surface area (Å²) in [5.41, 5.74) is 3.34. The molecule has 170 valence electrons. The summed E-state index contributed by atoms with van der Waals surface area (Å²) >= 11 is 7.45. The van der Waals surface area contributed by atoms with Crippen molar-refractivity contribution in [3.8, 4) is 0 Å². The zero-order valence-corrected chi connectivity index (χ0v) is 19.5. The number of fused-ring (bicyclic) bond motifs is 1. The number of rotatable bonds is 5. The molecule has 0 bridgehead atoms. The van der Waals surface area contributed by atoms with Crippen molar-refractivity contribution in [2.75, 3.05) is 0 Å². The van der Waals surface area contributed by atoms with E-state index in [9.17, 15) is 9.59 Å². The van der Waals surface area contributed by atoms with Crippen LogP contribution in [0.5, 0.6) is 0 Å². The van der Waals surface area contributed by atoms with Crippen LogP contribution in [-0.2, 0) is 11.3 Å². The Kier molecular flexibility index (Phi) is 5.77. The van der Waals surface area contributed by atoms with Gasteiger partial charge in [-0.3, -0.25) is 4.79 Å². The molecular formula is C25H18ClN3O4S. The van der Waals surface area contributed by atoms with Gasteiger partial charge < -0.3 is 19.4 Å². The number of nitrogens with zero attached hydrogens (tertiary/aromatic N) is 2. The fourth-order valence-electron chi connectivity index (χ4n) is 3.72. The Labute approximate surface area is 203 Å². The van der Waals surface area contributed by atoms with Crippen LogP contribution in [-0.4, -0.2) is 26.7 Å². The standard InChI is InChI=1S/C25H18ClN3O4S/c1-14-18(26)6-4-7-19(14)27-25-28-23(30)22(34-25)11-15-12-29(20-8-3-2-5-17(15)20)13-16-9-10-21(33-16)24(31)32/h2-12H,13H2,1H3,(H,31,32)(H,27,28,30)/b22-11-. The van der Waals surface area contributed by atoms with E-state index in [1.807, 2.05) is 60.2 Å². The van der Waals surface area contributed by atoms with E-state index in [1.165, 1.54) is 17.8 Å². The summed E-state index contributed by atoms with van der Waals surface area (Å²) in [6.07, 6.45) is 3.75. The van der Waals surface area contributed by atoms with Gasteiger partial charge in [0.2, 0.25) is 5.76 Å². The second-order valence-electron chi connectivity index (χ2n) is 7.67. The van der Waals surface area contributed by atoms with E-state index in [-0.39, 0.29) is 11.7 Å². The van der Waals surface area contributed by atoms with Crippen LogP contribution >= 0.6 is 23.4 Å². The summed E-state index contributed by atoms with van der Waals surface area (Å²) < 4.78 is 7.38. The molecule has 5 rings (SSSR count). The summed E-state index contributed by atoms with van der Waals surface area (Å²) in [5, 5.41) is 14.0. The summed E-state index contributed by atoms with van der Waals surface area (Å²) in [6.45, 7) is 2.24. The van der Waals surface area contributed by atoms with Crippen LogP contribution < -0.4 is 5.32 Å². The molecule has 2 aromatic heterocycles. The zero-order valence-electron chi connectivity index (χ0n) is 17.9. The van der Waals surface area contributed by atoms with Crippen molar-refractivity contribution in [2.24, 2.45) is 4.99 Å². The number of carboxylic acids is 1. The van der Waals surface area contributed by atoms with Crippen molar-refractivity contribution in [1.29, 1.82) is 0 Å². The molecule has 1 saturated heterocycles. The number of benzene rings is 2. The minimum Gasteiger partial charge on any atom is -0.475 e. The van der Waals surface area contributed by atoms with Gasteiger partial charge in [0.05, 0.1) is 17.1 Å². The largest absolute Gasteiger partial charge is 0.475 e. The van der Waals surface area contributed by atoms with Crippen molar-refractivity contribution in [2.45, 2.75) is 13.5 Å². The molecule has 0 aliphatic carbocycles. The maximum atomic E-state index is 12.6. The lowest BCUT2D eigenvalue weighted by Crippen LogP contribution is -2.19. The Bertz CT molecular complexity index is 1520. The SMILES string of the molecule is Cc1c(Cl)cccc1N=C1NC(=O)/C(=C/c2cn(Cc3ccc(C(=O)O)o3)c3ccccc23)S1. The molecule has 1 amide bonds. The quantitative estimate of drug-likeness (QED) is 0.342. The third kappa shape index (κ3) is 4.25. The number of carboxylic acid groups (broad SMARTS) is 1. The van der Waals surface area contributed by atoms with Crippen LogP contribution in [0.2, 0.25) is 5.02 Å². The molecule has 0 atom stereocenters. The number of amides is 1. The first-order valence-corrected chi connectivity index (χ1v) is 11.5. The summed E-state index contributed by atoms with van der Waals surface area (Å²) in [4.78, 5) is 28.8. The number of hydrogen-bond acceptors (Lipinski definition) is 5. The highest BCUT2D eigenvalue weighted by Gasteiger charge is 2.25. The highest BCUT2D eigenvalue weighted by Crippen LogP contribution is 2.33. The Hall–Kier alpha value is -3.75. The maximum absolute atomic E-state index is 12.6. The zero-order chi connectivity index (χ0) is 23.8. The smallest absolute Gasteiger partial charge is 0.371 e.